The van der Waals surface area contributed by atoms with E-state index in [1.54, 1.807) is 6.20 Å². The van der Waals surface area contributed by atoms with Gasteiger partial charge in [-0.15, -0.1) is 11.6 Å². The van der Waals surface area contributed by atoms with Crippen LogP contribution in [0, 0.1) is 0 Å². The fourth-order valence-electron chi connectivity index (χ4n) is 2.22. The lowest BCUT2D eigenvalue weighted by molar-refractivity contribution is 0.369. The third-order valence-corrected chi connectivity index (χ3v) is 4.24. The number of nitrogens with zero attached hydrogens (tertiary/aromatic N) is 3. The zero-order chi connectivity index (χ0) is 15.2. The lowest BCUT2D eigenvalue weighted by atomic mass is 10.1. The molecular weight excluding hydrogens is 305 g/mol. The van der Waals surface area contributed by atoms with Gasteiger partial charge in [0.25, 0.3) is 0 Å². The second kappa shape index (κ2) is 7.83. The van der Waals surface area contributed by atoms with Crippen LogP contribution < -0.4 is 0 Å². The molecule has 1 heterocycles. The van der Waals surface area contributed by atoms with Crippen LogP contribution in [0.4, 0.5) is 0 Å². The molecule has 0 radical (unpaired) electrons. The number of hydrogen-bond acceptors (Lipinski definition) is 2. The van der Waals surface area contributed by atoms with Crippen LogP contribution in [0.15, 0.2) is 36.5 Å². The standard InChI is InChI=1S/C16H21Cl2N3/c1-20(2)10-11-21-16(15(18)12-19-21)9-8-14(17)13-6-4-3-5-7-13/h3-7,12,14H,8-11H2,1-2H3. The van der Waals surface area contributed by atoms with Crippen LogP contribution in [0.2, 0.25) is 5.02 Å². The minimum atomic E-state index is -0.000495. The fourth-order valence-corrected chi connectivity index (χ4v) is 2.71. The van der Waals surface area contributed by atoms with E-state index >= 15 is 0 Å². The van der Waals surface area contributed by atoms with Crippen molar-refractivity contribution >= 4 is 23.2 Å². The van der Waals surface area contributed by atoms with Crippen LogP contribution in [-0.2, 0) is 13.0 Å². The minimum Gasteiger partial charge on any atom is -0.308 e. The Kier molecular flexibility index (Phi) is 6.09. The van der Waals surface area contributed by atoms with Crippen LogP contribution >= 0.6 is 23.2 Å². The highest BCUT2D eigenvalue weighted by molar-refractivity contribution is 6.31. The summed E-state index contributed by atoms with van der Waals surface area (Å²) in [6.45, 7) is 1.78. The highest BCUT2D eigenvalue weighted by Gasteiger charge is 2.13. The number of alkyl halides is 1. The van der Waals surface area contributed by atoms with Crippen molar-refractivity contribution in [1.82, 2.24) is 14.7 Å². The summed E-state index contributed by atoms with van der Waals surface area (Å²) in [5.41, 5.74) is 2.22. The number of hydrogen-bond donors (Lipinski definition) is 0. The molecule has 1 aromatic heterocycles. The van der Waals surface area contributed by atoms with Crippen molar-refractivity contribution in [3.05, 3.63) is 52.8 Å². The van der Waals surface area contributed by atoms with Crippen molar-refractivity contribution in [3.63, 3.8) is 0 Å². The highest BCUT2D eigenvalue weighted by atomic mass is 35.5. The molecule has 0 aliphatic rings. The molecule has 0 amide bonds. The first-order valence-electron chi connectivity index (χ1n) is 7.12. The number of rotatable bonds is 7. The maximum atomic E-state index is 6.47. The summed E-state index contributed by atoms with van der Waals surface area (Å²) in [6.07, 6.45) is 3.40. The maximum Gasteiger partial charge on any atom is 0.0817 e. The van der Waals surface area contributed by atoms with E-state index in [1.807, 2.05) is 22.9 Å². The molecule has 0 saturated carbocycles. The smallest absolute Gasteiger partial charge is 0.0817 e. The number of aromatic nitrogens is 2. The van der Waals surface area contributed by atoms with Crippen LogP contribution in [0.5, 0.6) is 0 Å². The largest absolute Gasteiger partial charge is 0.308 e. The van der Waals surface area contributed by atoms with Crippen molar-refractivity contribution in [2.45, 2.75) is 24.8 Å². The van der Waals surface area contributed by atoms with E-state index < -0.39 is 0 Å². The summed E-state index contributed by atoms with van der Waals surface area (Å²) < 4.78 is 1.98. The monoisotopic (exact) mass is 325 g/mol. The molecule has 0 fully saturated rings. The molecule has 1 atom stereocenters. The van der Waals surface area contributed by atoms with Gasteiger partial charge in [0.05, 0.1) is 28.8 Å². The Morgan fingerprint density at radius 1 is 1.24 bits per heavy atom. The molecule has 0 aliphatic heterocycles. The normalized spacial score (nSPS) is 12.8. The molecule has 0 bridgehead atoms. The van der Waals surface area contributed by atoms with Gasteiger partial charge in [0.1, 0.15) is 0 Å². The van der Waals surface area contributed by atoms with E-state index in [0.717, 1.165) is 42.2 Å². The van der Waals surface area contributed by atoms with E-state index in [4.69, 9.17) is 23.2 Å². The first-order chi connectivity index (χ1) is 10.1. The molecule has 5 heteroatoms. The molecule has 0 spiro atoms. The predicted octanol–water partition coefficient (Wildman–Crippen LogP) is 4.01. The predicted molar refractivity (Wildman–Crippen MR) is 89.1 cm³/mol. The van der Waals surface area contributed by atoms with Crippen molar-refractivity contribution < 1.29 is 0 Å². The maximum absolute atomic E-state index is 6.47. The van der Waals surface area contributed by atoms with E-state index in [9.17, 15) is 0 Å². The quantitative estimate of drug-likeness (QED) is 0.717. The topological polar surface area (TPSA) is 21.1 Å². The van der Waals surface area contributed by atoms with Gasteiger partial charge in [-0.3, -0.25) is 4.68 Å². The Morgan fingerprint density at radius 2 is 1.95 bits per heavy atom. The first-order valence-corrected chi connectivity index (χ1v) is 7.93. The minimum absolute atomic E-state index is 0.000495. The number of likely N-dealkylation sites (N-methyl/N-ethyl adjacent to an activating group) is 1. The third kappa shape index (κ3) is 4.73. The Balaban J connectivity index is 1.98. The van der Waals surface area contributed by atoms with Gasteiger partial charge in [-0.1, -0.05) is 41.9 Å². The molecule has 2 rings (SSSR count). The average molecular weight is 326 g/mol. The van der Waals surface area contributed by atoms with Crippen LogP contribution in [0.25, 0.3) is 0 Å². The molecule has 0 N–H and O–H groups in total. The zero-order valence-electron chi connectivity index (χ0n) is 12.5. The van der Waals surface area contributed by atoms with E-state index in [0.29, 0.717) is 0 Å². The van der Waals surface area contributed by atoms with Crippen molar-refractivity contribution in [2.75, 3.05) is 20.6 Å². The van der Waals surface area contributed by atoms with Gasteiger partial charge in [0.2, 0.25) is 0 Å². The molecule has 0 aliphatic carbocycles. The fraction of sp³-hybridized carbons (Fsp3) is 0.438. The van der Waals surface area contributed by atoms with Crippen molar-refractivity contribution in [1.29, 1.82) is 0 Å². The summed E-state index contributed by atoms with van der Waals surface area (Å²) in [6, 6.07) is 10.1. The number of benzene rings is 1. The Morgan fingerprint density at radius 3 is 2.62 bits per heavy atom. The first kappa shape index (κ1) is 16.3. The summed E-state index contributed by atoms with van der Waals surface area (Å²) in [5, 5.41) is 5.08. The number of halogens is 2. The second-order valence-corrected chi connectivity index (χ2v) is 6.32. The van der Waals surface area contributed by atoms with Gasteiger partial charge in [-0.2, -0.15) is 5.10 Å². The SMILES string of the molecule is CN(C)CCn1ncc(Cl)c1CCC(Cl)c1ccccc1. The van der Waals surface area contributed by atoms with Gasteiger partial charge in [-0.05, 0) is 32.5 Å². The average Bonchev–Trinajstić information content (AvgIpc) is 2.84. The van der Waals surface area contributed by atoms with Crippen molar-refractivity contribution in [2.24, 2.45) is 0 Å². The lowest BCUT2D eigenvalue weighted by Crippen LogP contribution is -2.20. The van der Waals surface area contributed by atoms with Gasteiger partial charge >= 0.3 is 0 Å². The lowest BCUT2D eigenvalue weighted by Gasteiger charge is -2.14. The Hall–Kier alpha value is -1.03. The van der Waals surface area contributed by atoms with Crippen LogP contribution in [0.1, 0.15) is 23.1 Å². The summed E-state index contributed by atoms with van der Waals surface area (Å²) >= 11 is 12.7. The van der Waals surface area contributed by atoms with Gasteiger partial charge in [0, 0.05) is 6.54 Å². The zero-order valence-corrected chi connectivity index (χ0v) is 14.0. The molecule has 3 nitrogen and oxygen atoms in total. The van der Waals surface area contributed by atoms with E-state index in [2.05, 4.69) is 36.2 Å². The molecule has 114 valence electrons. The molecule has 2 aromatic rings. The van der Waals surface area contributed by atoms with Crippen LogP contribution in [-0.4, -0.2) is 35.3 Å². The molecular formula is C16H21Cl2N3. The Bertz CT molecular complexity index is 552. The molecule has 1 aromatic carbocycles. The van der Waals surface area contributed by atoms with Gasteiger partial charge in [0.15, 0.2) is 0 Å². The van der Waals surface area contributed by atoms with Gasteiger partial charge in [-0.25, -0.2) is 0 Å². The summed E-state index contributed by atoms with van der Waals surface area (Å²) in [7, 11) is 4.10. The third-order valence-electron chi connectivity index (χ3n) is 3.45. The summed E-state index contributed by atoms with van der Waals surface area (Å²) in [5.74, 6) is 0. The van der Waals surface area contributed by atoms with E-state index in [1.165, 1.54) is 0 Å². The van der Waals surface area contributed by atoms with E-state index in [-0.39, 0.29) is 5.38 Å². The van der Waals surface area contributed by atoms with Gasteiger partial charge < -0.3 is 4.90 Å². The molecule has 1 unspecified atom stereocenters. The summed E-state index contributed by atoms with van der Waals surface area (Å²) in [4.78, 5) is 2.13. The molecule has 21 heavy (non-hydrogen) atoms. The molecule has 0 saturated heterocycles. The van der Waals surface area contributed by atoms with Crippen LogP contribution in [0.3, 0.4) is 0 Å². The second-order valence-electron chi connectivity index (χ2n) is 5.38. The van der Waals surface area contributed by atoms with Crippen molar-refractivity contribution in [3.8, 4) is 0 Å². The highest BCUT2D eigenvalue weighted by Crippen LogP contribution is 2.27. The Labute approximate surface area is 136 Å².